The molecule has 0 saturated carbocycles. The van der Waals surface area contributed by atoms with Crippen LogP contribution in [0.15, 0.2) is 59.0 Å². The second kappa shape index (κ2) is 5.23. The van der Waals surface area contributed by atoms with E-state index in [1.807, 2.05) is 24.3 Å². The van der Waals surface area contributed by atoms with Crippen molar-refractivity contribution in [3.63, 3.8) is 0 Å². The summed E-state index contributed by atoms with van der Waals surface area (Å²) in [4.78, 5) is 4.00. The molecule has 1 N–H and O–H groups in total. The zero-order valence-corrected chi connectivity index (χ0v) is 9.09. The Labute approximate surface area is 98.0 Å². The minimum absolute atomic E-state index is 0.559. The molecule has 0 aliphatic rings. The first-order valence-corrected chi connectivity index (χ1v) is 5.06. The molecule has 0 bridgehead atoms. The Morgan fingerprint density at radius 1 is 1.06 bits per heavy atom. The maximum atomic E-state index is 5.75. The Bertz CT molecular complexity index is 467. The smallest absolute Gasteiger partial charge is 0.176 e. The molecule has 0 amide bonds. The molecule has 1 heterocycles. The summed E-state index contributed by atoms with van der Waals surface area (Å²) >= 11 is 5.75. The van der Waals surface area contributed by atoms with Gasteiger partial charge >= 0.3 is 0 Å². The number of rotatable bonds is 3. The van der Waals surface area contributed by atoms with Gasteiger partial charge in [-0.1, -0.05) is 22.9 Å². The standard InChI is InChI=1S/C11H9ClN4/c12-9-4-6-10(7-5-9)14-16-15-11-3-1-2-8-13-11/h1-8H,(H,13,14,15). The molecule has 16 heavy (non-hydrogen) atoms. The summed E-state index contributed by atoms with van der Waals surface area (Å²) in [7, 11) is 0. The average molecular weight is 233 g/mol. The van der Waals surface area contributed by atoms with Crippen molar-refractivity contribution >= 4 is 23.1 Å². The first-order chi connectivity index (χ1) is 7.84. The maximum Gasteiger partial charge on any atom is 0.176 e. The van der Waals surface area contributed by atoms with Crippen molar-refractivity contribution in [1.29, 1.82) is 0 Å². The second-order valence-corrected chi connectivity index (χ2v) is 3.44. The van der Waals surface area contributed by atoms with Crippen LogP contribution in [0.1, 0.15) is 0 Å². The van der Waals surface area contributed by atoms with Gasteiger partial charge in [0, 0.05) is 11.2 Å². The van der Waals surface area contributed by atoms with Crippen LogP contribution in [-0.2, 0) is 0 Å². The van der Waals surface area contributed by atoms with E-state index >= 15 is 0 Å². The van der Waals surface area contributed by atoms with E-state index in [1.165, 1.54) is 0 Å². The fourth-order valence-electron chi connectivity index (χ4n) is 1.07. The first kappa shape index (κ1) is 10.6. The lowest BCUT2D eigenvalue weighted by atomic mass is 10.3. The van der Waals surface area contributed by atoms with Crippen molar-refractivity contribution in [2.24, 2.45) is 10.3 Å². The molecule has 0 unspecified atom stereocenters. The van der Waals surface area contributed by atoms with Crippen LogP contribution in [0.5, 0.6) is 0 Å². The van der Waals surface area contributed by atoms with Crippen LogP contribution in [0.2, 0.25) is 5.02 Å². The summed E-state index contributed by atoms with van der Waals surface area (Å²) in [5, 5.41) is 8.39. The summed E-state index contributed by atoms with van der Waals surface area (Å²) in [6.45, 7) is 0. The largest absolute Gasteiger partial charge is 0.260 e. The van der Waals surface area contributed by atoms with Crippen LogP contribution >= 0.6 is 11.6 Å². The predicted molar refractivity (Wildman–Crippen MR) is 63.8 cm³/mol. The molecule has 2 aromatic rings. The third-order valence-electron chi connectivity index (χ3n) is 1.83. The van der Waals surface area contributed by atoms with Crippen molar-refractivity contribution in [2.75, 3.05) is 5.43 Å². The SMILES string of the molecule is Clc1ccc(N/N=N/c2ccccn2)cc1. The monoisotopic (exact) mass is 232 g/mol. The second-order valence-electron chi connectivity index (χ2n) is 3.01. The number of hydrogen-bond acceptors (Lipinski definition) is 3. The Balaban J connectivity index is 1.97. The highest BCUT2D eigenvalue weighted by Gasteiger charge is 1.90. The summed E-state index contributed by atoms with van der Waals surface area (Å²) < 4.78 is 0. The Morgan fingerprint density at radius 3 is 2.56 bits per heavy atom. The van der Waals surface area contributed by atoms with Crippen molar-refractivity contribution < 1.29 is 0 Å². The lowest BCUT2D eigenvalue weighted by Gasteiger charge is -1.97. The van der Waals surface area contributed by atoms with Gasteiger partial charge < -0.3 is 0 Å². The molecular weight excluding hydrogens is 224 g/mol. The molecule has 0 fully saturated rings. The summed E-state index contributed by atoms with van der Waals surface area (Å²) in [5.41, 5.74) is 3.60. The van der Waals surface area contributed by atoms with Crippen molar-refractivity contribution in [3.05, 3.63) is 53.7 Å². The van der Waals surface area contributed by atoms with Gasteiger partial charge in [0.25, 0.3) is 0 Å². The van der Waals surface area contributed by atoms with E-state index < -0.39 is 0 Å². The molecule has 0 radical (unpaired) electrons. The lowest BCUT2D eigenvalue weighted by Crippen LogP contribution is -1.85. The fraction of sp³-hybridized carbons (Fsp3) is 0. The van der Waals surface area contributed by atoms with E-state index in [9.17, 15) is 0 Å². The molecule has 0 aliphatic carbocycles. The predicted octanol–water partition coefficient (Wildman–Crippen LogP) is 3.85. The number of nitrogens with zero attached hydrogens (tertiary/aromatic N) is 3. The van der Waals surface area contributed by atoms with E-state index in [2.05, 4.69) is 20.7 Å². The molecule has 1 aromatic carbocycles. The molecule has 1 aromatic heterocycles. The van der Waals surface area contributed by atoms with Crippen LogP contribution in [0.3, 0.4) is 0 Å². The highest BCUT2D eigenvalue weighted by Crippen LogP contribution is 2.14. The van der Waals surface area contributed by atoms with Crippen molar-refractivity contribution in [2.45, 2.75) is 0 Å². The molecule has 0 aliphatic heterocycles. The van der Waals surface area contributed by atoms with Gasteiger partial charge in [-0.3, -0.25) is 5.43 Å². The van der Waals surface area contributed by atoms with Gasteiger partial charge in [-0.15, -0.1) is 5.11 Å². The van der Waals surface area contributed by atoms with E-state index in [0.29, 0.717) is 10.8 Å². The Hall–Kier alpha value is -1.94. The van der Waals surface area contributed by atoms with E-state index in [4.69, 9.17) is 11.6 Å². The van der Waals surface area contributed by atoms with Crippen molar-refractivity contribution in [3.8, 4) is 0 Å². The number of hydrogen-bond donors (Lipinski definition) is 1. The van der Waals surface area contributed by atoms with Crippen LogP contribution in [0.25, 0.3) is 0 Å². The molecular formula is C11H9ClN4. The van der Waals surface area contributed by atoms with Gasteiger partial charge in [0.05, 0.1) is 5.69 Å². The number of aromatic nitrogens is 1. The number of halogens is 1. The number of nitrogens with one attached hydrogen (secondary N) is 1. The number of anilines is 1. The zero-order valence-electron chi connectivity index (χ0n) is 8.34. The molecule has 2 rings (SSSR count). The summed E-state index contributed by atoms with van der Waals surface area (Å²) in [5.74, 6) is 0.559. The Morgan fingerprint density at radius 2 is 1.88 bits per heavy atom. The van der Waals surface area contributed by atoms with Gasteiger partial charge in [0.1, 0.15) is 0 Å². The average Bonchev–Trinajstić information content (AvgIpc) is 2.33. The van der Waals surface area contributed by atoms with Gasteiger partial charge in [-0.05, 0) is 36.4 Å². The van der Waals surface area contributed by atoms with Crippen LogP contribution in [0.4, 0.5) is 11.5 Å². The van der Waals surface area contributed by atoms with Crippen LogP contribution < -0.4 is 5.43 Å². The fourth-order valence-corrected chi connectivity index (χ4v) is 1.20. The first-order valence-electron chi connectivity index (χ1n) is 4.68. The molecule has 0 saturated heterocycles. The third kappa shape index (κ3) is 3.03. The van der Waals surface area contributed by atoms with E-state index in [-0.39, 0.29) is 0 Å². The maximum absolute atomic E-state index is 5.75. The van der Waals surface area contributed by atoms with E-state index in [1.54, 1.807) is 24.4 Å². The minimum atomic E-state index is 0.559. The van der Waals surface area contributed by atoms with Crippen LogP contribution in [0, 0.1) is 0 Å². The topological polar surface area (TPSA) is 49.6 Å². The molecule has 5 heteroatoms. The van der Waals surface area contributed by atoms with Gasteiger partial charge in [0.15, 0.2) is 5.82 Å². The highest BCUT2D eigenvalue weighted by atomic mass is 35.5. The third-order valence-corrected chi connectivity index (χ3v) is 2.08. The molecule has 4 nitrogen and oxygen atoms in total. The quantitative estimate of drug-likeness (QED) is 0.646. The zero-order chi connectivity index (χ0) is 11.2. The Kier molecular flexibility index (Phi) is 3.46. The van der Waals surface area contributed by atoms with Crippen LogP contribution in [-0.4, -0.2) is 4.98 Å². The minimum Gasteiger partial charge on any atom is -0.260 e. The molecule has 0 spiro atoms. The van der Waals surface area contributed by atoms with Crippen molar-refractivity contribution in [1.82, 2.24) is 4.98 Å². The highest BCUT2D eigenvalue weighted by molar-refractivity contribution is 6.30. The normalized spacial score (nSPS) is 10.6. The lowest BCUT2D eigenvalue weighted by molar-refractivity contribution is 1.09. The number of benzene rings is 1. The molecule has 80 valence electrons. The molecule has 0 atom stereocenters. The van der Waals surface area contributed by atoms with Gasteiger partial charge in [0.2, 0.25) is 0 Å². The van der Waals surface area contributed by atoms with Gasteiger partial charge in [-0.25, -0.2) is 4.98 Å². The van der Waals surface area contributed by atoms with E-state index in [0.717, 1.165) is 5.69 Å². The number of pyridine rings is 1. The summed E-state index contributed by atoms with van der Waals surface area (Å²) in [6.07, 6.45) is 1.66. The summed E-state index contributed by atoms with van der Waals surface area (Å²) in [6, 6.07) is 12.6. The van der Waals surface area contributed by atoms with Gasteiger partial charge in [-0.2, -0.15) is 0 Å².